The number of para-hydroxylation sites is 1. The van der Waals surface area contributed by atoms with Crippen LogP contribution in [0.25, 0.3) is 5.69 Å². The molecule has 2 aromatic rings. The third kappa shape index (κ3) is 1.65. The Morgan fingerprint density at radius 1 is 1.44 bits per heavy atom. The van der Waals surface area contributed by atoms with Crippen LogP contribution in [0.1, 0.15) is 10.4 Å². The molecule has 0 unspecified atom stereocenters. The van der Waals surface area contributed by atoms with Crippen LogP contribution < -0.4 is 15.4 Å². The van der Waals surface area contributed by atoms with Gasteiger partial charge in [-0.05, 0) is 16.0 Å². The number of benzene rings is 1. The van der Waals surface area contributed by atoms with E-state index in [2.05, 4.69) is 25.7 Å². The number of nitrogens with one attached hydrogen (secondary N) is 1. The molecule has 0 bridgehead atoms. The maximum atomic E-state index is 11.1. The molecule has 0 amide bonds. The number of halogens is 1. The van der Waals surface area contributed by atoms with Gasteiger partial charge in [0.05, 0.1) is 11.5 Å². The molecule has 1 heterocycles. The number of aromatic nitrogens is 2. The molecule has 2 rings (SSSR count). The van der Waals surface area contributed by atoms with Crippen molar-refractivity contribution in [2.45, 2.75) is 0 Å². The molecule has 7 heteroatoms. The van der Waals surface area contributed by atoms with E-state index in [9.17, 15) is 14.7 Å². The normalized spacial score (nSPS) is 10.3. The summed E-state index contributed by atoms with van der Waals surface area (Å²) in [6.07, 6.45) is 0. The number of hydrogen-bond acceptors (Lipinski definition) is 4. The number of H-pyrrole nitrogens is 1. The molecule has 0 atom stereocenters. The predicted octanol–water partition coefficient (Wildman–Crippen LogP) is -0.629. The lowest BCUT2D eigenvalue weighted by Crippen LogP contribution is -2.38. The summed E-state index contributed by atoms with van der Waals surface area (Å²) in [5, 5.41) is 13.1. The predicted molar refractivity (Wildman–Crippen MR) is 52.9 cm³/mol. The van der Waals surface area contributed by atoms with Crippen LogP contribution in [0.3, 0.4) is 0 Å². The zero-order valence-electron chi connectivity index (χ0n) is 7.77. The highest BCUT2D eigenvalue weighted by atomic mass is 79.9. The van der Waals surface area contributed by atoms with E-state index in [-0.39, 0.29) is 15.9 Å². The average molecular weight is 285 g/mol. The van der Waals surface area contributed by atoms with Crippen molar-refractivity contribution in [1.82, 2.24) is 5.27 Å². The van der Waals surface area contributed by atoms with E-state index in [1.807, 2.05) is 0 Å². The Labute approximate surface area is 97.2 Å². The molecule has 0 aliphatic heterocycles. The zero-order valence-corrected chi connectivity index (χ0v) is 9.35. The van der Waals surface area contributed by atoms with E-state index >= 15 is 0 Å². The summed E-state index contributed by atoms with van der Waals surface area (Å²) in [5.41, 5.74) is -0.432. The minimum atomic E-state index is -1.34. The molecule has 0 aliphatic carbocycles. The number of hydrogen-bond donors (Lipinski definition) is 1. The molecule has 82 valence electrons. The Morgan fingerprint density at radius 3 is 2.69 bits per heavy atom. The molecule has 1 aromatic heterocycles. The summed E-state index contributed by atoms with van der Waals surface area (Å²) < 4.78 is 5.75. The fourth-order valence-corrected chi connectivity index (χ4v) is 1.60. The second-order valence-corrected chi connectivity index (χ2v) is 3.66. The summed E-state index contributed by atoms with van der Waals surface area (Å²) in [4.78, 5) is 21.9. The van der Waals surface area contributed by atoms with E-state index in [0.29, 0.717) is 0 Å². The first-order valence-corrected chi connectivity index (χ1v) is 5.00. The molecule has 0 fully saturated rings. The van der Waals surface area contributed by atoms with Gasteiger partial charge in [-0.1, -0.05) is 12.1 Å². The van der Waals surface area contributed by atoms with Crippen LogP contribution in [0.2, 0.25) is 0 Å². The van der Waals surface area contributed by atoms with Gasteiger partial charge in [-0.2, -0.15) is 0 Å². The number of aromatic amines is 1. The summed E-state index contributed by atoms with van der Waals surface area (Å²) >= 11 is 2.98. The third-order valence-electron chi connectivity index (χ3n) is 1.96. The highest BCUT2D eigenvalue weighted by Gasteiger charge is 2.23. The van der Waals surface area contributed by atoms with Gasteiger partial charge in [0.1, 0.15) is 0 Å². The quantitative estimate of drug-likeness (QED) is 0.744. The van der Waals surface area contributed by atoms with E-state index in [0.717, 1.165) is 0 Å². The topological polar surface area (TPSA) is 90.0 Å². The van der Waals surface area contributed by atoms with Crippen LogP contribution in [0.15, 0.2) is 38.2 Å². The molecule has 0 saturated carbocycles. The smallest absolute Gasteiger partial charge is 0.442 e. The maximum absolute atomic E-state index is 11.1. The fraction of sp³-hybridized carbons (Fsp3) is 0. The molecule has 0 saturated heterocycles. The fourth-order valence-electron chi connectivity index (χ4n) is 1.26. The van der Waals surface area contributed by atoms with Crippen LogP contribution in [0.4, 0.5) is 0 Å². The number of aromatic carboxylic acids is 1. The maximum Gasteiger partial charge on any atom is 0.442 e. The van der Waals surface area contributed by atoms with Crippen molar-refractivity contribution in [3.63, 3.8) is 0 Å². The van der Waals surface area contributed by atoms with Gasteiger partial charge < -0.3 is 9.90 Å². The van der Waals surface area contributed by atoms with E-state index in [1.165, 1.54) is 16.8 Å². The van der Waals surface area contributed by atoms with Gasteiger partial charge in [0.25, 0.3) is 0 Å². The summed E-state index contributed by atoms with van der Waals surface area (Å²) in [6, 6.07) is 6.07. The molecule has 0 spiro atoms. The first-order valence-electron chi connectivity index (χ1n) is 4.21. The summed E-state index contributed by atoms with van der Waals surface area (Å²) in [7, 11) is 0. The molecule has 1 N–H and O–H groups in total. The first-order chi connectivity index (χ1) is 7.61. The van der Waals surface area contributed by atoms with Crippen molar-refractivity contribution in [3.8, 4) is 5.69 Å². The van der Waals surface area contributed by atoms with Gasteiger partial charge in [0.2, 0.25) is 5.69 Å². The van der Waals surface area contributed by atoms with Crippen LogP contribution >= 0.6 is 15.9 Å². The van der Waals surface area contributed by atoms with Crippen molar-refractivity contribution >= 4 is 21.9 Å². The van der Waals surface area contributed by atoms with E-state index in [4.69, 9.17) is 0 Å². The Morgan fingerprint density at radius 2 is 2.12 bits per heavy atom. The highest BCUT2D eigenvalue weighted by Crippen LogP contribution is 2.08. The lowest BCUT2D eigenvalue weighted by Gasteiger charge is -2.02. The van der Waals surface area contributed by atoms with Gasteiger partial charge in [0.15, 0.2) is 0 Å². The van der Waals surface area contributed by atoms with Gasteiger partial charge in [-0.3, -0.25) is 4.52 Å². The van der Waals surface area contributed by atoms with E-state index in [1.54, 1.807) is 12.1 Å². The van der Waals surface area contributed by atoms with Crippen molar-refractivity contribution < 1.29 is 19.1 Å². The molecule has 6 nitrogen and oxygen atoms in total. The Hall–Kier alpha value is -1.89. The van der Waals surface area contributed by atoms with Crippen molar-refractivity contribution in [2.24, 2.45) is 0 Å². The van der Waals surface area contributed by atoms with Crippen LogP contribution in [-0.4, -0.2) is 11.2 Å². The van der Waals surface area contributed by atoms with Crippen LogP contribution in [0.5, 0.6) is 0 Å². The monoisotopic (exact) mass is 284 g/mol. The molecule has 0 radical (unpaired) electrons. The van der Waals surface area contributed by atoms with Crippen molar-refractivity contribution in [2.75, 3.05) is 0 Å². The van der Waals surface area contributed by atoms with E-state index < -0.39 is 11.6 Å². The van der Waals surface area contributed by atoms with Crippen LogP contribution in [0, 0.1) is 0 Å². The first kappa shape index (κ1) is 10.6. The Kier molecular flexibility index (Phi) is 2.61. The summed E-state index contributed by atoms with van der Waals surface area (Å²) in [6.45, 7) is 0. The van der Waals surface area contributed by atoms with Crippen LogP contribution in [-0.2, 0) is 0 Å². The number of nitrogens with zero attached hydrogens (tertiary/aromatic N) is 1. The number of carboxylic acid groups (broad SMARTS) is 1. The highest BCUT2D eigenvalue weighted by molar-refractivity contribution is 9.10. The lowest BCUT2D eigenvalue weighted by molar-refractivity contribution is -0.680. The zero-order chi connectivity index (χ0) is 11.7. The standard InChI is InChI=1S/C9H5BrN2O4/c10-7-9(15)16-11-12(7)6-4-2-1-3-5(6)8(13)14/h1-4H,(H-,11,13,14,15). The van der Waals surface area contributed by atoms with Gasteiger partial charge in [-0.25, -0.2) is 4.79 Å². The Bertz CT molecular complexity index is 602. The molecular weight excluding hydrogens is 280 g/mol. The largest absolute Gasteiger partial charge is 0.545 e. The number of carbonyl (C=O) groups excluding carboxylic acids is 1. The molecule has 16 heavy (non-hydrogen) atoms. The van der Waals surface area contributed by atoms with Gasteiger partial charge in [0, 0.05) is 22.0 Å². The summed E-state index contributed by atoms with van der Waals surface area (Å²) in [5.74, 6) is -1.34. The SMILES string of the molecule is O=C([O-])c1ccccc1-[n+]1[nH]oc(=O)c1Br. The number of rotatable bonds is 2. The van der Waals surface area contributed by atoms with Crippen molar-refractivity contribution in [1.29, 1.82) is 0 Å². The second kappa shape index (κ2) is 3.93. The van der Waals surface area contributed by atoms with Crippen molar-refractivity contribution in [3.05, 3.63) is 44.9 Å². The second-order valence-electron chi connectivity index (χ2n) is 2.91. The average Bonchev–Trinajstić information content (AvgIpc) is 2.60. The molecule has 1 aromatic carbocycles. The lowest BCUT2D eigenvalue weighted by atomic mass is 10.2. The third-order valence-corrected chi connectivity index (χ3v) is 2.64. The molecular formula is C9H5BrN2O4. The van der Waals surface area contributed by atoms with Gasteiger partial charge in [-0.15, -0.1) is 0 Å². The molecule has 0 aliphatic rings. The van der Waals surface area contributed by atoms with Gasteiger partial charge >= 0.3 is 10.2 Å². The number of carbonyl (C=O) groups is 1. The minimum absolute atomic E-state index is 0.0507. The number of carboxylic acids is 1. The minimum Gasteiger partial charge on any atom is -0.545 e. The Balaban J connectivity index is 2.69.